The van der Waals surface area contributed by atoms with E-state index in [2.05, 4.69) is 64.8 Å². The summed E-state index contributed by atoms with van der Waals surface area (Å²) in [5.74, 6) is 0.260. The second-order valence-electron chi connectivity index (χ2n) is 11.0. The van der Waals surface area contributed by atoms with E-state index in [-0.39, 0.29) is 17.7 Å². The maximum Gasteiger partial charge on any atom is 0.249 e. The fourth-order valence-electron chi connectivity index (χ4n) is 6.29. The number of rotatable bonds is 6. The lowest BCUT2D eigenvalue weighted by molar-refractivity contribution is -0.141. The van der Waals surface area contributed by atoms with Crippen LogP contribution in [0.15, 0.2) is 54.6 Å². The summed E-state index contributed by atoms with van der Waals surface area (Å²) >= 11 is 0. The van der Waals surface area contributed by atoms with Gasteiger partial charge in [-0.2, -0.15) is 0 Å². The van der Waals surface area contributed by atoms with Crippen LogP contribution >= 0.6 is 0 Å². The number of hydrogen-bond donors (Lipinski definition) is 1. The van der Waals surface area contributed by atoms with Crippen LogP contribution in [-0.4, -0.2) is 53.8 Å². The third-order valence-electron chi connectivity index (χ3n) is 8.65. The van der Waals surface area contributed by atoms with Gasteiger partial charge >= 0.3 is 0 Å². The average Bonchev–Trinajstić information content (AvgIpc) is 3.25. The summed E-state index contributed by atoms with van der Waals surface area (Å²) in [5.41, 5.74) is 4.58. The number of aryl methyl sites for hydroxylation is 1. The molecule has 3 aromatic carbocycles. The van der Waals surface area contributed by atoms with Crippen molar-refractivity contribution in [2.75, 3.05) is 19.7 Å². The molecule has 196 valence electrons. The molecule has 0 aliphatic carbocycles. The Kier molecular flexibility index (Phi) is 6.40. The number of carbonyl (C=O) groups is 3. The molecule has 3 aliphatic rings. The van der Waals surface area contributed by atoms with E-state index >= 15 is 0 Å². The lowest BCUT2D eigenvalue weighted by Gasteiger charge is -2.39. The molecule has 0 aromatic heterocycles. The molecule has 1 unspecified atom stereocenters. The van der Waals surface area contributed by atoms with E-state index in [1.54, 1.807) is 0 Å². The van der Waals surface area contributed by atoms with Crippen molar-refractivity contribution in [2.24, 2.45) is 0 Å². The standard InChI is InChI=1S/C31H33N3O4/c1-21-14-28-26(16-25(21)18-34(20-35)27-8-9-29(36)32-30(27)37)31(19-38-28)10-12-33(13-11-31)17-22-6-7-23-4-2-3-5-24(23)15-22/h2-7,14-16,20,27H,8-13,17-19H2,1H3,(H,32,36,37). The number of amides is 3. The van der Waals surface area contributed by atoms with Crippen molar-refractivity contribution in [1.82, 2.24) is 15.1 Å². The third-order valence-corrected chi connectivity index (χ3v) is 8.65. The fourth-order valence-corrected chi connectivity index (χ4v) is 6.29. The highest BCUT2D eigenvalue weighted by Crippen LogP contribution is 2.47. The number of carbonyl (C=O) groups excluding carboxylic acids is 3. The Bertz CT molecular complexity index is 1410. The molecular formula is C31H33N3O4. The first-order valence-corrected chi connectivity index (χ1v) is 13.5. The highest BCUT2D eigenvalue weighted by molar-refractivity contribution is 6.00. The smallest absolute Gasteiger partial charge is 0.249 e. The second-order valence-corrected chi connectivity index (χ2v) is 11.0. The van der Waals surface area contributed by atoms with Crippen molar-refractivity contribution in [3.63, 3.8) is 0 Å². The molecule has 0 saturated carbocycles. The number of nitrogens with one attached hydrogen (secondary N) is 1. The number of hydrogen-bond acceptors (Lipinski definition) is 5. The van der Waals surface area contributed by atoms with Gasteiger partial charge in [-0.05, 0) is 84.9 Å². The van der Waals surface area contributed by atoms with Crippen molar-refractivity contribution < 1.29 is 19.1 Å². The van der Waals surface area contributed by atoms with E-state index in [1.807, 2.05) is 6.92 Å². The van der Waals surface area contributed by atoms with E-state index in [0.29, 0.717) is 19.6 Å². The minimum Gasteiger partial charge on any atom is -0.492 e. The molecule has 1 spiro atoms. The molecule has 7 nitrogen and oxygen atoms in total. The molecule has 2 fully saturated rings. The SMILES string of the molecule is Cc1cc2c(cc1CN(C=O)C1CCC(=O)NC1=O)C1(CCN(Cc3ccc4ccccc4c3)CC1)CO2. The highest BCUT2D eigenvalue weighted by atomic mass is 16.5. The number of ether oxygens (including phenoxy) is 1. The first-order chi connectivity index (χ1) is 18.4. The zero-order valence-corrected chi connectivity index (χ0v) is 21.7. The van der Waals surface area contributed by atoms with Crippen molar-refractivity contribution in [1.29, 1.82) is 0 Å². The van der Waals surface area contributed by atoms with Crippen LogP contribution in [0, 0.1) is 6.92 Å². The van der Waals surface area contributed by atoms with Crippen molar-refractivity contribution in [3.05, 3.63) is 76.9 Å². The lowest BCUT2D eigenvalue weighted by Crippen LogP contribution is -2.51. The second kappa shape index (κ2) is 9.87. The Balaban J connectivity index is 1.17. The van der Waals surface area contributed by atoms with Crippen LogP contribution in [0.3, 0.4) is 0 Å². The van der Waals surface area contributed by atoms with Crippen LogP contribution in [0.25, 0.3) is 10.8 Å². The Labute approximate surface area is 222 Å². The van der Waals surface area contributed by atoms with Gasteiger partial charge in [0.25, 0.3) is 0 Å². The van der Waals surface area contributed by atoms with Gasteiger partial charge < -0.3 is 9.64 Å². The maximum atomic E-state index is 12.4. The van der Waals surface area contributed by atoms with Gasteiger partial charge in [0.15, 0.2) is 0 Å². The molecule has 0 radical (unpaired) electrons. The van der Waals surface area contributed by atoms with Crippen LogP contribution < -0.4 is 10.1 Å². The van der Waals surface area contributed by atoms with Crippen molar-refractivity contribution in [2.45, 2.75) is 57.2 Å². The Morgan fingerprint density at radius 1 is 1.08 bits per heavy atom. The van der Waals surface area contributed by atoms with Crippen LogP contribution in [0.2, 0.25) is 0 Å². The fraction of sp³-hybridized carbons (Fsp3) is 0.387. The van der Waals surface area contributed by atoms with Gasteiger partial charge in [0.05, 0.1) is 6.61 Å². The number of nitrogens with zero attached hydrogens (tertiary/aromatic N) is 2. The first-order valence-electron chi connectivity index (χ1n) is 13.5. The molecule has 0 bridgehead atoms. The van der Waals surface area contributed by atoms with Gasteiger partial charge in [0.2, 0.25) is 18.2 Å². The molecule has 6 rings (SSSR count). The number of benzene rings is 3. The normalized spacial score (nSPS) is 20.7. The molecule has 3 aromatic rings. The number of imide groups is 1. The van der Waals surface area contributed by atoms with Gasteiger partial charge in [-0.15, -0.1) is 0 Å². The molecule has 3 amide bonds. The molecule has 3 aliphatic heterocycles. The summed E-state index contributed by atoms with van der Waals surface area (Å²) in [6.07, 6.45) is 3.36. The summed E-state index contributed by atoms with van der Waals surface area (Å²) in [7, 11) is 0. The quantitative estimate of drug-likeness (QED) is 0.402. The molecule has 2 saturated heterocycles. The van der Waals surface area contributed by atoms with E-state index in [0.717, 1.165) is 55.8 Å². The largest absolute Gasteiger partial charge is 0.492 e. The van der Waals surface area contributed by atoms with Gasteiger partial charge in [0.1, 0.15) is 11.8 Å². The van der Waals surface area contributed by atoms with Crippen LogP contribution in [0.5, 0.6) is 5.75 Å². The minimum absolute atomic E-state index is 0.0295. The first kappa shape index (κ1) is 24.6. The summed E-state index contributed by atoms with van der Waals surface area (Å²) in [4.78, 5) is 40.0. The monoisotopic (exact) mass is 511 g/mol. The number of likely N-dealkylation sites (tertiary alicyclic amines) is 1. The van der Waals surface area contributed by atoms with Gasteiger partial charge in [-0.25, -0.2) is 0 Å². The van der Waals surface area contributed by atoms with E-state index < -0.39 is 11.9 Å². The van der Waals surface area contributed by atoms with E-state index in [9.17, 15) is 14.4 Å². The minimum atomic E-state index is -0.624. The Morgan fingerprint density at radius 2 is 1.87 bits per heavy atom. The molecule has 38 heavy (non-hydrogen) atoms. The lowest BCUT2D eigenvalue weighted by atomic mass is 9.73. The Morgan fingerprint density at radius 3 is 2.63 bits per heavy atom. The Hall–Kier alpha value is -3.71. The molecule has 1 N–H and O–H groups in total. The highest BCUT2D eigenvalue weighted by Gasteiger charge is 2.43. The van der Waals surface area contributed by atoms with Crippen molar-refractivity contribution in [3.8, 4) is 5.75 Å². The van der Waals surface area contributed by atoms with E-state index in [4.69, 9.17) is 4.74 Å². The molecular weight excluding hydrogens is 478 g/mol. The topological polar surface area (TPSA) is 79.0 Å². The molecule has 3 heterocycles. The van der Waals surface area contributed by atoms with Gasteiger partial charge in [0, 0.05) is 30.5 Å². The summed E-state index contributed by atoms with van der Waals surface area (Å²) < 4.78 is 6.20. The molecule has 7 heteroatoms. The summed E-state index contributed by atoms with van der Waals surface area (Å²) in [6.45, 7) is 5.96. The van der Waals surface area contributed by atoms with E-state index in [1.165, 1.54) is 26.8 Å². The average molecular weight is 512 g/mol. The van der Waals surface area contributed by atoms with Crippen LogP contribution in [-0.2, 0) is 32.9 Å². The number of piperidine rings is 2. The number of fused-ring (bicyclic) bond motifs is 3. The van der Waals surface area contributed by atoms with Gasteiger partial charge in [-0.1, -0.05) is 36.4 Å². The van der Waals surface area contributed by atoms with Crippen molar-refractivity contribution >= 4 is 29.0 Å². The van der Waals surface area contributed by atoms with Crippen LogP contribution in [0.4, 0.5) is 0 Å². The van der Waals surface area contributed by atoms with Crippen LogP contribution in [0.1, 0.15) is 47.9 Å². The maximum absolute atomic E-state index is 12.4. The zero-order valence-electron chi connectivity index (χ0n) is 21.7. The summed E-state index contributed by atoms with van der Waals surface area (Å²) in [6, 6.07) is 18.9. The predicted octanol–water partition coefficient (Wildman–Crippen LogP) is 3.84. The zero-order chi connectivity index (χ0) is 26.3. The summed E-state index contributed by atoms with van der Waals surface area (Å²) in [5, 5.41) is 4.91. The van der Waals surface area contributed by atoms with Gasteiger partial charge in [-0.3, -0.25) is 24.6 Å². The third kappa shape index (κ3) is 4.56. The molecule has 1 atom stereocenters. The predicted molar refractivity (Wildman–Crippen MR) is 145 cm³/mol.